The van der Waals surface area contributed by atoms with Gasteiger partial charge in [-0.2, -0.15) is 18.2 Å². The summed E-state index contributed by atoms with van der Waals surface area (Å²) in [5, 5.41) is 4.13. The molecule has 0 bridgehead atoms. The molecule has 130 valence electrons. The first-order chi connectivity index (χ1) is 11.9. The summed E-state index contributed by atoms with van der Waals surface area (Å²) in [6, 6.07) is 3.20. The van der Waals surface area contributed by atoms with Crippen LogP contribution in [0.2, 0.25) is 0 Å². The SMILES string of the molecule is COc1cc(-c2nc3n(n2)C=CC2NOC(=O)N32)cc(C(F)(F)F)c1. The van der Waals surface area contributed by atoms with Crippen molar-refractivity contribution in [3.8, 4) is 17.1 Å². The number of hydroxylamine groups is 1. The summed E-state index contributed by atoms with van der Waals surface area (Å²) in [6.45, 7) is 0. The van der Waals surface area contributed by atoms with Crippen LogP contribution in [-0.2, 0) is 11.0 Å². The second-order valence-corrected chi connectivity index (χ2v) is 5.27. The minimum atomic E-state index is -4.55. The number of halogens is 3. The number of nitrogens with one attached hydrogen (secondary N) is 1. The van der Waals surface area contributed by atoms with Gasteiger partial charge in [-0.3, -0.25) is 0 Å². The predicted molar refractivity (Wildman–Crippen MR) is 78.2 cm³/mol. The Bertz CT molecular complexity index is 892. The van der Waals surface area contributed by atoms with Crippen molar-refractivity contribution in [3.05, 3.63) is 29.8 Å². The number of amides is 1. The number of benzene rings is 1. The Morgan fingerprint density at radius 1 is 1.32 bits per heavy atom. The summed E-state index contributed by atoms with van der Waals surface area (Å²) in [7, 11) is 1.27. The van der Waals surface area contributed by atoms with Crippen molar-refractivity contribution >= 4 is 18.2 Å². The van der Waals surface area contributed by atoms with E-state index in [2.05, 4.69) is 15.6 Å². The van der Waals surface area contributed by atoms with Crippen LogP contribution in [0.3, 0.4) is 0 Å². The van der Waals surface area contributed by atoms with Crippen molar-refractivity contribution in [2.24, 2.45) is 0 Å². The molecule has 1 fully saturated rings. The lowest BCUT2D eigenvalue weighted by Gasteiger charge is -2.19. The van der Waals surface area contributed by atoms with E-state index in [1.54, 1.807) is 6.08 Å². The van der Waals surface area contributed by atoms with E-state index in [1.807, 2.05) is 0 Å². The highest BCUT2D eigenvalue weighted by atomic mass is 19.4. The van der Waals surface area contributed by atoms with Gasteiger partial charge in [0.15, 0.2) is 5.82 Å². The molecule has 4 rings (SSSR count). The summed E-state index contributed by atoms with van der Waals surface area (Å²) < 4.78 is 45.4. The molecular formula is C14H10F3N5O3. The van der Waals surface area contributed by atoms with Crippen LogP contribution in [0.5, 0.6) is 5.75 Å². The summed E-state index contributed by atoms with van der Waals surface area (Å²) >= 11 is 0. The molecule has 1 N–H and O–H groups in total. The van der Waals surface area contributed by atoms with E-state index in [-0.39, 0.29) is 23.1 Å². The van der Waals surface area contributed by atoms with Gasteiger partial charge in [-0.15, -0.1) is 10.6 Å². The van der Waals surface area contributed by atoms with Crippen LogP contribution in [0.4, 0.5) is 23.9 Å². The lowest BCUT2D eigenvalue weighted by molar-refractivity contribution is -0.137. The number of rotatable bonds is 2. The molecule has 0 saturated carbocycles. The lowest BCUT2D eigenvalue weighted by atomic mass is 10.1. The van der Waals surface area contributed by atoms with E-state index >= 15 is 0 Å². The first-order valence-electron chi connectivity index (χ1n) is 7.04. The number of alkyl halides is 3. The Kier molecular flexibility index (Phi) is 3.22. The zero-order chi connectivity index (χ0) is 17.8. The summed E-state index contributed by atoms with van der Waals surface area (Å²) in [5.41, 5.74) is 1.71. The van der Waals surface area contributed by atoms with Gasteiger partial charge in [-0.25, -0.2) is 14.4 Å². The molecule has 0 aliphatic carbocycles. The average Bonchev–Trinajstić information content (AvgIpc) is 3.17. The maximum Gasteiger partial charge on any atom is 0.437 e. The van der Waals surface area contributed by atoms with Gasteiger partial charge in [0.2, 0.25) is 5.95 Å². The molecule has 1 amide bonds. The zero-order valence-corrected chi connectivity index (χ0v) is 12.6. The number of fused-ring (bicyclic) bond motifs is 3. The fourth-order valence-corrected chi connectivity index (χ4v) is 2.53. The molecule has 2 aliphatic heterocycles. The Balaban J connectivity index is 1.81. The number of carbonyl (C=O) groups is 1. The molecule has 1 aromatic heterocycles. The molecule has 25 heavy (non-hydrogen) atoms. The Morgan fingerprint density at radius 3 is 2.84 bits per heavy atom. The molecule has 1 unspecified atom stereocenters. The maximum absolute atomic E-state index is 13.1. The van der Waals surface area contributed by atoms with Crippen molar-refractivity contribution in [2.45, 2.75) is 12.3 Å². The van der Waals surface area contributed by atoms with E-state index in [1.165, 1.54) is 29.0 Å². The van der Waals surface area contributed by atoms with Gasteiger partial charge >= 0.3 is 12.3 Å². The van der Waals surface area contributed by atoms with Gasteiger partial charge in [0.1, 0.15) is 11.9 Å². The van der Waals surface area contributed by atoms with Crippen LogP contribution in [0, 0.1) is 0 Å². The fraction of sp³-hybridized carbons (Fsp3) is 0.214. The van der Waals surface area contributed by atoms with Crippen LogP contribution in [0.25, 0.3) is 17.6 Å². The van der Waals surface area contributed by atoms with Gasteiger partial charge < -0.3 is 9.57 Å². The van der Waals surface area contributed by atoms with Crippen molar-refractivity contribution in [1.82, 2.24) is 20.2 Å². The van der Waals surface area contributed by atoms with Crippen LogP contribution >= 0.6 is 0 Å². The van der Waals surface area contributed by atoms with Crippen molar-refractivity contribution in [2.75, 3.05) is 12.0 Å². The van der Waals surface area contributed by atoms with Gasteiger partial charge in [0, 0.05) is 11.8 Å². The third-order valence-corrected chi connectivity index (χ3v) is 3.71. The molecule has 8 nitrogen and oxygen atoms in total. The van der Waals surface area contributed by atoms with Crippen LogP contribution in [0.15, 0.2) is 24.3 Å². The number of aromatic nitrogens is 3. The van der Waals surface area contributed by atoms with Gasteiger partial charge in [0.25, 0.3) is 0 Å². The average molecular weight is 353 g/mol. The minimum Gasteiger partial charge on any atom is -0.497 e. The molecule has 1 aromatic carbocycles. The lowest BCUT2D eigenvalue weighted by Crippen LogP contribution is -2.39. The number of hydrogen-bond acceptors (Lipinski definition) is 6. The van der Waals surface area contributed by atoms with E-state index < -0.39 is 24.0 Å². The monoisotopic (exact) mass is 353 g/mol. The number of ether oxygens (including phenoxy) is 1. The molecule has 2 aliphatic rings. The number of nitrogens with zero attached hydrogens (tertiary/aromatic N) is 4. The Hall–Kier alpha value is -3.08. The highest BCUT2D eigenvalue weighted by molar-refractivity contribution is 5.89. The molecular weight excluding hydrogens is 343 g/mol. The van der Waals surface area contributed by atoms with Crippen LogP contribution in [0.1, 0.15) is 5.56 Å². The van der Waals surface area contributed by atoms with E-state index in [9.17, 15) is 18.0 Å². The maximum atomic E-state index is 13.1. The largest absolute Gasteiger partial charge is 0.497 e. The second kappa shape index (κ2) is 5.21. The van der Waals surface area contributed by atoms with Gasteiger partial charge in [-0.1, -0.05) is 0 Å². The quantitative estimate of drug-likeness (QED) is 0.892. The van der Waals surface area contributed by atoms with Crippen molar-refractivity contribution < 1.29 is 27.5 Å². The first-order valence-corrected chi connectivity index (χ1v) is 7.04. The molecule has 0 radical (unpaired) electrons. The highest BCUT2D eigenvalue weighted by Gasteiger charge is 2.39. The van der Waals surface area contributed by atoms with Crippen molar-refractivity contribution in [3.63, 3.8) is 0 Å². The molecule has 1 saturated heterocycles. The van der Waals surface area contributed by atoms with Crippen LogP contribution < -0.4 is 15.1 Å². The molecule has 0 spiro atoms. The third kappa shape index (κ3) is 2.48. The molecule has 3 heterocycles. The summed E-state index contributed by atoms with van der Waals surface area (Å²) in [6.07, 6.45) is -2.64. The second-order valence-electron chi connectivity index (χ2n) is 5.27. The topological polar surface area (TPSA) is 81.5 Å². The summed E-state index contributed by atoms with van der Waals surface area (Å²) in [4.78, 5) is 21.8. The molecule has 2 aromatic rings. The number of methoxy groups -OCH3 is 1. The number of anilines is 1. The van der Waals surface area contributed by atoms with Crippen LogP contribution in [-0.4, -0.2) is 34.1 Å². The fourth-order valence-electron chi connectivity index (χ4n) is 2.53. The van der Waals surface area contributed by atoms with E-state index in [0.29, 0.717) is 0 Å². The minimum absolute atomic E-state index is 0.0180. The standard InChI is InChI=1S/C14H10F3N5O3/c1-24-9-5-7(4-8(6-9)14(15,16)17)11-18-12-21(19-11)3-2-10-20-25-13(23)22(10)12/h2-6,10,20H,1H3. The normalized spacial score (nSPS) is 18.8. The van der Waals surface area contributed by atoms with Gasteiger partial charge in [0.05, 0.1) is 12.7 Å². The smallest absolute Gasteiger partial charge is 0.437 e. The van der Waals surface area contributed by atoms with Gasteiger partial charge in [-0.05, 0) is 24.3 Å². The van der Waals surface area contributed by atoms with E-state index in [0.717, 1.165) is 12.1 Å². The molecule has 1 atom stereocenters. The third-order valence-electron chi connectivity index (χ3n) is 3.71. The summed E-state index contributed by atoms with van der Waals surface area (Å²) in [5.74, 6) is 0.173. The van der Waals surface area contributed by atoms with Crippen molar-refractivity contribution in [1.29, 1.82) is 0 Å². The Morgan fingerprint density at radius 2 is 2.12 bits per heavy atom. The predicted octanol–water partition coefficient (Wildman–Crippen LogP) is 2.24. The number of hydrogen-bond donors (Lipinski definition) is 1. The zero-order valence-electron chi connectivity index (χ0n) is 12.6. The highest BCUT2D eigenvalue weighted by Crippen LogP contribution is 2.36. The Labute approximate surface area is 138 Å². The molecule has 11 heteroatoms. The first kappa shape index (κ1) is 15.4. The number of carbonyl (C=O) groups excluding carboxylic acids is 1. The van der Waals surface area contributed by atoms with E-state index in [4.69, 9.17) is 9.57 Å².